The highest BCUT2D eigenvalue weighted by Gasteiger charge is 2.10. The number of para-hydroxylation sites is 1. The summed E-state index contributed by atoms with van der Waals surface area (Å²) in [6.45, 7) is 2.86. The lowest BCUT2D eigenvalue weighted by Gasteiger charge is -2.05. The third-order valence-corrected chi connectivity index (χ3v) is 5.42. The zero-order chi connectivity index (χ0) is 19.2. The molecule has 0 spiro atoms. The fourth-order valence-electron chi connectivity index (χ4n) is 2.83. The number of aryl methyl sites for hydroxylation is 1. The van der Waals surface area contributed by atoms with Gasteiger partial charge in [-0.15, -0.1) is 0 Å². The molecule has 0 saturated carbocycles. The minimum atomic E-state index is -0.270. The van der Waals surface area contributed by atoms with Gasteiger partial charge >= 0.3 is 0 Å². The quantitative estimate of drug-likeness (QED) is 0.561. The lowest BCUT2D eigenvalue weighted by atomic mass is 10.2. The summed E-state index contributed by atoms with van der Waals surface area (Å²) in [5.41, 5.74) is 1.48. The first-order chi connectivity index (χ1) is 13.1. The number of rotatable bonds is 7. The molecule has 1 amide bonds. The van der Waals surface area contributed by atoms with Gasteiger partial charge in [0.25, 0.3) is 5.91 Å². The van der Waals surface area contributed by atoms with Crippen LogP contribution in [0.3, 0.4) is 0 Å². The average molecular weight is 385 g/mol. The van der Waals surface area contributed by atoms with E-state index in [0.717, 1.165) is 34.6 Å². The number of methoxy groups -OCH3 is 1. The van der Waals surface area contributed by atoms with Crippen LogP contribution in [0.15, 0.2) is 47.5 Å². The van der Waals surface area contributed by atoms with Crippen molar-refractivity contribution in [2.75, 3.05) is 13.7 Å². The highest BCUT2D eigenvalue weighted by atomic mass is 32.1. The molecule has 27 heavy (non-hydrogen) atoms. The fraction of sp³-hybridized carbons (Fsp3) is 0.333. The van der Waals surface area contributed by atoms with Crippen LogP contribution in [0.4, 0.5) is 0 Å². The van der Waals surface area contributed by atoms with Crippen molar-refractivity contribution in [2.24, 2.45) is 12.0 Å². The van der Waals surface area contributed by atoms with E-state index in [0.29, 0.717) is 17.0 Å². The highest BCUT2D eigenvalue weighted by Crippen LogP contribution is 2.26. The zero-order valence-corrected chi connectivity index (χ0v) is 16.7. The smallest absolute Gasteiger partial charge is 0.279 e. The molecule has 3 rings (SSSR count). The van der Waals surface area contributed by atoms with Crippen molar-refractivity contribution in [2.45, 2.75) is 26.2 Å². The Bertz CT molecular complexity index is 987. The van der Waals surface area contributed by atoms with Crippen molar-refractivity contribution in [1.82, 2.24) is 4.57 Å². The van der Waals surface area contributed by atoms with E-state index in [1.54, 1.807) is 19.2 Å². The van der Waals surface area contributed by atoms with Crippen molar-refractivity contribution in [1.29, 1.82) is 0 Å². The predicted molar refractivity (Wildman–Crippen MR) is 109 cm³/mol. The van der Waals surface area contributed by atoms with Gasteiger partial charge in [-0.3, -0.25) is 4.79 Å². The zero-order valence-electron chi connectivity index (χ0n) is 15.9. The van der Waals surface area contributed by atoms with Crippen molar-refractivity contribution < 1.29 is 14.3 Å². The second-order valence-corrected chi connectivity index (χ2v) is 7.26. The van der Waals surface area contributed by atoms with Gasteiger partial charge in [0.15, 0.2) is 4.80 Å². The third-order valence-electron chi connectivity index (χ3n) is 4.32. The van der Waals surface area contributed by atoms with Crippen LogP contribution in [0.5, 0.6) is 11.5 Å². The summed E-state index contributed by atoms with van der Waals surface area (Å²) in [5, 5.41) is 0. The molecule has 0 N–H and O–H groups in total. The Labute approximate surface area is 162 Å². The number of ether oxygens (including phenoxy) is 2. The first-order valence-corrected chi connectivity index (χ1v) is 9.90. The van der Waals surface area contributed by atoms with Gasteiger partial charge in [-0.05, 0) is 42.8 Å². The second-order valence-electron chi connectivity index (χ2n) is 6.25. The molecule has 0 aliphatic heterocycles. The van der Waals surface area contributed by atoms with Crippen molar-refractivity contribution >= 4 is 27.5 Å². The van der Waals surface area contributed by atoms with Crippen LogP contribution in [-0.4, -0.2) is 24.2 Å². The van der Waals surface area contributed by atoms with Gasteiger partial charge < -0.3 is 14.0 Å². The minimum Gasteiger partial charge on any atom is -0.495 e. The van der Waals surface area contributed by atoms with Crippen LogP contribution in [0.2, 0.25) is 0 Å². The number of carbonyl (C=O) groups is 1. The Hall–Kier alpha value is -2.60. The SMILES string of the molecule is CCCCCOc1ccc(C(=O)N=c2sc3cccc(OC)c3n2C)cc1. The number of nitrogens with zero attached hydrogens (tertiary/aromatic N) is 2. The molecule has 0 atom stereocenters. The highest BCUT2D eigenvalue weighted by molar-refractivity contribution is 7.16. The molecule has 0 aliphatic rings. The standard InChI is InChI=1S/C21H24N2O3S/c1-4-5-6-14-26-16-12-10-15(11-13-16)20(24)22-21-23(2)19-17(25-3)8-7-9-18(19)27-21/h7-13H,4-6,14H2,1-3H3. The van der Waals surface area contributed by atoms with Crippen LogP contribution in [0, 0.1) is 0 Å². The molecule has 3 aromatic rings. The van der Waals surface area contributed by atoms with E-state index in [-0.39, 0.29) is 5.91 Å². The summed E-state index contributed by atoms with van der Waals surface area (Å²) < 4.78 is 14.0. The van der Waals surface area contributed by atoms with Crippen LogP contribution in [0.25, 0.3) is 10.2 Å². The Balaban J connectivity index is 1.80. The number of hydrogen-bond acceptors (Lipinski definition) is 4. The maximum atomic E-state index is 12.6. The van der Waals surface area contributed by atoms with Gasteiger partial charge in [0.2, 0.25) is 0 Å². The number of carbonyl (C=O) groups excluding carboxylic acids is 1. The van der Waals surface area contributed by atoms with Crippen molar-refractivity contribution in [3.63, 3.8) is 0 Å². The van der Waals surface area contributed by atoms with E-state index in [2.05, 4.69) is 11.9 Å². The largest absolute Gasteiger partial charge is 0.495 e. The van der Waals surface area contributed by atoms with Gasteiger partial charge in [0.05, 0.1) is 18.4 Å². The van der Waals surface area contributed by atoms with Gasteiger partial charge in [-0.25, -0.2) is 0 Å². The molecule has 1 heterocycles. The first-order valence-electron chi connectivity index (χ1n) is 9.08. The van der Waals surface area contributed by atoms with Crippen LogP contribution < -0.4 is 14.3 Å². The van der Waals surface area contributed by atoms with E-state index in [1.165, 1.54) is 17.8 Å². The van der Waals surface area contributed by atoms with Gasteiger partial charge in [0, 0.05) is 12.6 Å². The molecule has 1 aromatic heterocycles. The molecule has 5 nitrogen and oxygen atoms in total. The molecule has 0 radical (unpaired) electrons. The summed E-state index contributed by atoms with van der Waals surface area (Å²) in [4.78, 5) is 17.5. The molecular weight excluding hydrogens is 360 g/mol. The number of unbranched alkanes of at least 4 members (excludes halogenated alkanes) is 2. The maximum absolute atomic E-state index is 12.6. The van der Waals surface area contributed by atoms with Crippen LogP contribution in [-0.2, 0) is 7.05 Å². The van der Waals surface area contributed by atoms with E-state index in [4.69, 9.17) is 9.47 Å². The number of thiazole rings is 1. The minimum absolute atomic E-state index is 0.270. The fourth-order valence-corrected chi connectivity index (χ4v) is 3.86. The molecule has 142 valence electrons. The normalized spacial score (nSPS) is 11.7. The Kier molecular flexibility index (Phi) is 6.29. The topological polar surface area (TPSA) is 52.8 Å². The first kappa shape index (κ1) is 19.2. The van der Waals surface area contributed by atoms with Crippen molar-refractivity contribution in [3.8, 4) is 11.5 Å². The number of benzene rings is 2. The number of fused-ring (bicyclic) bond motifs is 1. The Morgan fingerprint density at radius 3 is 2.63 bits per heavy atom. The summed E-state index contributed by atoms with van der Waals surface area (Å²) in [6.07, 6.45) is 3.37. The molecule has 0 aliphatic carbocycles. The van der Waals surface area contributed by atoms with Gasteiger partial charge in [-0.2, -0.15) is 4.99 Å². The molecule has 0 fully saturated rings. The van der Waals surface area contributed by atoms with E-state index in [9.17, 15) is 4.79 Å². The summed E-state index contributed by atoms with van der Waals surface area (Å²) in [5.74, 6) is 1.28. The van der Waals surface area contributed by atoms with E-state index >= 15 is 0 Å². The van der Waals surface area contributed by atoms with Crippen molar-refractivity contribution in [3.05, 3.63) is 52.8 Å². The molecular formula is C21H24N2O3S. The number of hydrogen-bond donors (Lipinski definition) is 0. The summed E-state index contributed by atoms with van der Waals surface area (Å²) >= 11 is 1.47. The maximum Gasteiger partial charge on any atom is 0.279 e. The van der Waals surface area contributed by atoms with Gasteiger partial charge in [-0.1, -0.05) is 37.2 Å². The Morgan fingerprint density at radius 1 is 1.15 bits per heavy atom. The average Bonchev–Trinajstić information content (AvgIpc) is 3.01. The number of aromatic nitrogens is 1. The molecule has 2 aromatic carbocycles. The van der Waals surface area contributed by atoms with E-state index < -0.39 is 0 Å². The third kappa shape index (κ3) is 4.39. The monoisotopic (exact) mass is 384 g/mol. The lowest BCUT2D eigenvalue weighted by molar-refractivity contribution is 0.0998. The summed E-state index contributed by atoms with van der Waals surface area (Å²) in [6, 6.07) is 13.0. The van der Waals surface area contributed by atoms with Crippen LogP contribution in [0.1, 0.15) is 36.5 Å². The molecule has 0 saturated heterocycles. The second kappa shape index (κ2) is 8.86. The molecule has 0 bridgehead atoms. The summed E-state index contributed by atoms with van der Waals surface area (Å²) in [7, 11) is 3.53. The Morgan fingerprint density at radius 2 is 1.93 bits per heavy atom. The predicted octanol–water partition coefficient (Wildman–Crippen LogP) is 4.56. The van der Waals surface area contributed by atoms with E-state index in [1.807, 2.05) is 41.9 Å². The molecule has 0 unspecified atom stereocenters. The molecule has 6 heteroatoms. The lowest BCUT2D eigenvalue weighted by Crippen LogP contribution is -2.13. The van der Waals surface area contributed by atoms with Crippen LogP contribution >= 0.6 is 11.3 Å². The number of amides is 1. The van der Waals surface area contributed by atoms with Gasteiger partial charge in [0.1, 0.15) is 17.0 Å².